The summed E-state index contributed by atoms with van der Waals surface area (Å²) in [5, 5.41) is 2.56. The molecule has 0 aromatic heterocycles. The van der Waals surface area contributed by atoms with E-state index in [1.54, 1.807) is 0 Å². The molecule has 0 unspecified atom stereocenters. The Labute approximate surface area is 143 Å². The quantitative estimate of drug-likeness (QED) is 0.408. The standard InChI is InChI=1S/C22H16.H2S/c1-2-9-18(10-3-1)21-12-6-7-13-22(21)20-15-14-17-8-4-5-11-19(17)16-20;/h1-16H;1H2. The van der Waals surface area contributed by atoms with Gasteiger partial charge < -0.3 is 0 Å². The normalized spacial score (nSPS) is 10.3. The van der Waals surface area contributed by atoms with Crippen LogP contribution in [-0.2, 0) is 0 Å². The number of hydrogen-bond donors (Lipinski definition) is 0. The molecule has 0 heterocycles. The third-order valence-corrected chi connectivity index (χ3v) is 4.07. The highest BCUT2D eigenvalue weighted by atomic mass is 32.1. The zero-order valence-electron chi connectivity index (χ0n) is 12.7. The van der Waals surface area contributed by atoms with E-state index in [4.69, 9.17) is 0 Å². The minimum atomic E-state index is 0. The molecule has 0 aliphatic carbocycles. The van der Waals surface area contributed by atoms with Gasteiger partial charge in [-0.1, -0.05) is 91.0 Å². The molecule has 0 aliphatic rings. The van der Waals surface area contributed by atoms with Gasteiger partial charge >= 0.3 is 0 Å². The second kappa shape index (κ2) is 6.72. The molecule has 0 N–H and O–H groups in total. The zero-order valence-corrected chi connectivity index (χ0v) is 13.7. The minimum absolute atomic E-state index is 0. The third-order valence-electron chi connectivity index (χ3n) is 4.07. The van der Waals surface area contributed by atoms with E-state index in [2.05, 4.69) is 97.1 Å². The Morgan fingerprint density at radius 3 is 1.70 bits per heavy atom. The van der Waals surface area contributed by atoms with Crippen LogP contribution in [0.5, 0.6) is 0 Å². The van der Waals surface area contributed by atoms with Crippen molar-refractivity contribution >= 4 is 24.3 Å². The molecule has 0 bridgehead atoms. The van der Waals surface area contributed by atoms with E-state index < -0.39 is 0 Å². The molecule has 0 nitrogen and oxygen atoms in total. The molecule has 23 heavy (non-hydrogen) atoms. The molecule has 0 spiro atoms. The Balaban J connectivity index is 0.00000156. The monoisotopic (exact) mass is 314 g/mol. The summed E-state index contributed by atoms with van der Waals surface area (Å²) in [6, 6.07) is 34.4. The van der Waals surface area contributed by atoms with Crippen molar-refractivity contribution in [1.29, 1.82) is 0 Å². The van der Waals surface area contributed by atoms with E-state index in [0.29, 0.717) is 0 Å². The van der Waals surface area contributed by atoms with E-state index in [9.17, 15) is 0 Å². The summed E-state index contributed by atoms with van der Waals surface area (Å²) in [5.41, 5.74) is 5.07. The van der Waals surface area contributed by atoms with Crippen LogP contribution in [0.25, 0.3) is 33.0 Å². The van der Waals surface area contributed by atoms with Gasteiger partial charge in [-0.2, -0.15) is 13.5 Å². The van der Waals surface area contributed by atoms with Gasteiger partial charge in [0, 0.05) is 0 Å². The zero-order chi connectivity index (χ0) is 14.8. The molecular formula is C22H18S. The molecule has 4 rings (SSSR count). The van der Waals surface area contributed by atoms with Crippen molar-refractivity contribution in [3.63, 3.8) is 0 Å². The highest BCUT2D eigenvalue weighted by molar-refractivity contribution is 7.59. The van der Waals surface area contributed by atoms with Crippen LogP contribution in [0, 0.1) is 0 Å². The fourth-order valence-corrected chi connectivity index (χ4v) is 2.96. The summed E-state index contributed by atoms with van der Waals surface area (Å²) >= 11 is 0. The van der Waals surface area contributed by atoms with Crippen molar-refractivity contribution in [2.45, 2.75) is 0 Å². The maximum absolute atomic E-state index is 2.27. The topological polar surface area (TPSA) is 0 Å². The summed E-state index contributed by atoms with van der Waals surface area (Å²) in [7, 11) is 0. The first-order chi connectivity index (χ1) is 10.9. The predicted octanol–water partition coefficient (Wildman–Crippen LogP) is 6.29. The first-order valence-electron chi connectivity index (χ1n) is 7.55. The van der Waals surface area contributed by atoms with Gasteiger partial charge in [-0.05, 0) is 39.1 Å². The van der Waals surface area contributed by atoms with Crippen LogP contribution in [0.1, 0.15) is 0 Å². The van der Waals surface area contributed by atoms with E-state index in [-0.39, 0.29) is 13.5 Å². The molecule has 0 fully saturated rings. The molecule has 0 amide bonds. The summed E-state index contributed by atoms with van der Waals surface area (Å²) in [6.07, 6.45) is 0. The summed E-state index contributed by atoms with van der Waals surface area (Å²) in [5.74, 6) is 0. The van der Waals surface area contributed by atoms with Crippen LogP contribution in [0.3, 0.4) is 0 Å². The van der Waals surface area contributed by atoms with Gasteiger partial charge in [0.1, 0.15) is 0 Å². The van der Waals surface area contributed by atoms with E-state index in [1.807, 2.05) is 0 Å². The lowest BCUT2D eigenvalue weighted by molar-refractivity contribution is 1.59. The van der Waals surface area contributed by atoms with Crippen molar-refractivity contribution in [2.75, 3.05) is 0 Å². The second-order valence-corrected chi connectivity index (χ2v) is 5.47. The van der Waals surface area contributed by atoms with Crippen LogP contribution in [0.15, 0.2) is 97.1 Å². The highest BCUT2D eigenvalue weighted by Gasteiger charge is 2.07. The number of fused-ring (bicyclic) bond motifs is 1. The molecule has 4 aromatic rings. The van der Waals surface area contributed by atoms with Gasteiger partial charge in [0.25, 0.3) is 0 Å². The van der Waals surface area contributed by atoms with Gasteiger partial charge in [-0.15, -0.1) is 0 Å². The average molecular weight is 314 g/mol. The van der Waals surface area contributed by atoms with Gasteiger partial charge in [-0.3, -0.25) is 0 Å². The number of hydrogen-bond acceptors (Lipinski definition) is 0. The van der Waals surface area contributed by atoms with E-state index in [0.717, 1.165) is 0 Å². The SMILES string of the molecule is S.c1ccc(-c2ccccc2-c2ccc3ccccc3c2)cc1. The van der Waals surface area contributed by atoms with Crippen LogP contribution in [0.4, 0.5) is 0 Å². The van der Waals surface area contributed by atoms with Gasteiger partial charge in [-0.25, -0.2) is 0 Å². The lowest BCUT2D eigenvalue weighted by Crippen LogP contribution is -1.85. The molecular weight excluding hydrogens is 296 g/mol. The highest BCUT2D eigenvalue weighted by Crippen LogP contribution is 2.33. The third kappa shape index (κ3) is 3.01. The van der Waals surface area contributed by atoms with Crippen molar-refractivity contribution < 1.29 is 0 Å². The minimum Gasteiger partial charge on any atom is -0.197 e. The maximum Gasteiger partial charge on any atom is -0.0105 e. The molecule has 0 atom stereocenters. The van der Waals surface area contributed by atoms with Crippen molar-refractivity contribution in [1.82, 2.24) is 0 Å². The molecule has 112 valence electrons. The van der Waals surface area contributed by atoms with Crippen LogP contribution in [0.2, 0.25) is 0 Å². The van der Waals surface area contributed by atoms with Crippen LogP contribution in [-0.4, -0.2) is 0 Å². The lowest BCUT2D eigenvalue weighted by Gasteiger charge is -2.11. The van der Waals surface area contributed by atoms with Crippen molar-refractivity contribution in [3.05, 3.63) is 97.1 Å². The van der Waals surface area contributed by atoms with Crippen molar-refractivity contribution in [3.8, 4) is 22.3 Å². The maximum atomic E-state index is 2.27. The van der Waals surface area contributed by atoms with E-state index >= 15 is 0 Å². The Morgan fingerprint density at radius 1 is 0.391 bits per heavy atom. The molecule has 4 aromatic carbocycles. The Hall–Kier alpha value is -2.51. The Kier molecular flexibility index (Phi) is 4.50. The number of rotatable bonds is 2. The van der Waals surface area contributed by atoms with Crippen LogP contribution < -0.4 is 0 Å². The molecule has 0 radical (unpaired) electrons. The molecule has 0 saturated heterocycles. The first kappa shape index (κ1) is 15.4. The summed E-state index contributed by atoms with van der Waals surface area (Å²) in [4.78, 5) is 0. The summed E-state index contributed by atoms with van der Waals surface area (Å²) < 4.78 is 0. The fourth-order valence-electron chi connectivity index (χ4n) is 2.96. The molecule has 1 heteroatoms. The second-order valence-electron chi connectivity index (χ2n) is 5.47. The average Bonchev–Trinajstić information content (AvgIpc) is 2.62. The fraction of sp³-hybridized carbons (Fsp3) is 0. The van der Waals surface area contributed by atoms with Crippen LogP contribution >= 0.6 is 13.5 Å². The van der Waals surface area contributed by atoms with Crippen molar-refractivity contribution in [2.24, 2.45) is 0 Å². The van der Waals surface area contributed by atoms with Gasteiger partial charge in [0.05, 0.1) is 0 Å². The smallest absolute Gasteiger partial charge is 0.0105 e. The summed E-state index contributed by atoms with van der Waals surface area (Å²) in [6.45, 7) is 0. The van der Waals surface area contributed by atoms with Gasteiger partial charge in [0.15, 0.2) is 0 Å². The Morgan fingerprint density at radius 2 is 0.957 bits per heavy atom. The largest absolute Gasteiger partial charge is 0.197 e. The molecule has 0 saturated carbocycles. The number of benzene rings is 4. The predicted molar refractivity (Wildman–Crippen MR) is 105 cm³/mol. The van der Waals surface area contributed by atoms with Gasteiger partial charge in [0.2, 0.25) is 0 Å². The first-order valence-corrected chi connectivity index (χ1v) is 7.55. The van der Waals surface area contributed by atoms with E-state index in [1.165, 1.54) is 33.0 Å². The molecule has 0 aliphatic heterocycles. The Bertz CT molecular complexity index is 926. The lowest BCUT2D eigenvalue weighted by atomic mass is 9.93.